The van der Waals surface area contributed by atoms with Gasteiger partial charge in [0.1, 0.15) is 0 Å². The SMILES string of the molecule is CCC(C)C1CCC2C3CCC4CCCCC4(C)C3C(C)CC12S. The first-order valence-corrected chi connectivity index (χ1v) is 11.6. The Labute approximate surface area is 156 Å². The van der Waals surface area contributed by atoms with E-state index in [9.17, 15) is 0 Å². The van der Waals surface area contributed by atoms with Crippen LogP contribution in [0.5, 0.6) is 0 Å². The molecule has 0 amide bonds. The van der Waals surface area contributed by atoms with E-state index in [-0.39, 0.29) is 0 Å². The van der Waals surface area contributed by atoms with Gasteiger partial charge >= 0.3 is 0 Å². The quantitative estimate of drug-likeness (QED) is 0.511. The first kappa shape index (κ1) is 17.7. The summed E-state index contributed by atoms with van der Waals surface area (Å²) in [7, 11) is 0. The summed E-state index contributed by atoms with van der Waals surface area (Å²) in [4.78, 5) is 0. The number of fused-ring (bicyclic) bond motifs is 5. The third-order valence-electron chi connectivity index (χ3n) is 9.70. The molecule has 4 rings (SSSR count). The van der Waals surface area contributed by atoms with Gasteiger partial charge in [-0.25, -0.2) is 0 Å². The van der Waals surface area contributed by atoms with Crippen LogP contribution in [0.1, 0.15) is 91.9 Å². The zero-order chi connectivity index (χ0) is 17.1. The van der Waals surface area contributed by atoms with Gasteiger partial charge in [-0.05, 0) is 91.8 Å². The summed E-state index contributed by atoms with van der Waals surface area (Å²) in [5.41, 5.74) is 0.657. The predicted molar refractivity (Wildman–Crippen MR) is 107 cm³/mol. The van der Waals surface area contributed by atoms with Crippen molar-refractivity contribution in [3.63, 3.8) is 0 Å². The van der Waals surface area contributed by atoms with Crippen molar-refractivity contribution in [3.8, 4) is 0 Å². The maximum absolute atomic E-state index is 5.52. The zero-order valence-corrected chi connectivity index (χ0v) is 17.5. The lowest BCUT2D eigenvalue weighted by atomic mass is 9.44. The van der Waals surface area contributed by atoms with Gasteiger partial charge in [0.25, 0.3) is 0 Å². The Hall–Kier alpha value is 0.350. The molecule has 4 saturated carbocycles. The number of rotatable bonds is 2. The Kier molecular flexibility index (Phi) is 4.59. The van der Waals surface area contributed by atoms with E-state index in [0.29, 0.717) is 10.2 Å². The molecule has 1 heteroatoms. The van der Waals surface area contributed by atoms with Crippen LogP contribution in [0.25, 0.3) is 0 Å². The molecule has 9 atom stereocenters. The summed E-state index contributed by atoms with van der Waals surface area (Å²) in [6, 6.07) is 0. The van der Waals surface area contributed by atoms with Gasteiger partial charge in [0, 0.05) is 4.75 Å². The van der Waals surface area contributed by atoms with E-state index in [0.717, 1.165) is 41.4 Å². The molecule has 4 fully saturated rings. The van der Waals surface area contributed by atoms with Gasteiger partial charge in [-0.3, -0.25) is 0 Å². The molecule has 0 aromatic rings. The Balaban J connectivity index is 1.65. The number of thiol groups is 1. The van der Waals surface area contributed by atoms with Crippen LogP contribution in [-0.2, 0) is 0 Å². The molecular formula is C23H40S. The maximum Gasteiger partial charge on any atom is 0.0194 e. The fourth-order valence-electron chi connectivity index (χ4n) is 8.66. The molecule has 0 spiro atoms. The van der Waals surface area contributed by atoms with Gasteiger partial charge in [-0.1, -0.05) is 47.0 Å². The molecular weight excluding hydrogens is 308 g/mol. The highest BCUT2D eigenvalue weighted by molar-refractivity contribution is 7.81. The second-order valence-corrected chi connectivity index (χ2v) is 11.4. The minimum Gasteiger partial charge on any atom is -0.172 e. The van der Waals surface area contributed by atoms with Crippen molar-refractivity contribution in [1.82, 2.24) is 0 Å². The first-order valence-electron chi connectivity index (χ1n) is 11.1. The van der Waals surface area contributed by atoms with E-state index >= 15 is 0 Å². The average molecular weight is 349 g/mol. The molecule has 0 nitrogen and oxygen atoms in total. The van der Waals surface area contributed by atoms with Crippen molar-refractivity contribution in [3.05, 3.63) is 0 Å². The van der Waals surface area contributed by atoms with Crippen LogP contribution in [0.3, 0.4) is 0 Å². The Morgan fingerprint density at radius 2 is 1.88 bits per heavy atom. The molecule has 0 bridgehead atoms. The molecule has 24 heavy (non-hydrogen) atoms. The van der Waals surface area contributed by atoms with Crippen LogP contribution in [0.2, 0.25) is 0 Å². The lowest BCUT2D eigenvalue weighted by Crippen LogP contribution is -2.57. The Morgan fingerprint density at radius 3 is 2.62 bits per heavy atom. The van der Waals surface area contributed by atoms with Gasteiger partial charge in [0.05, 0.1) is 0 Å². The smallest absolute Gasteiger partial charge is 0.0194 e. The van der Waals surface area contributed by atoms with Gasteiger partial charge in [-0.2, -0.15) is 12.6 Å². The van der Waals surface area contributed by atoms with Gasteiger partial charge < -0.3 is 0 Å². The predicted octanol–water partition coefficient (Wildman–Crippen LogP) is 6.99. The molecule has 9 unspecified atom stereocenters. The van der Waals surface area contributed by atoms with Gasteiger partial charge in [0.2, 0.25) is 0 Å². The van der Waals surface area contributed by atoms with Crippen molar-refractivity contribution in [2.24, 2.45) is 46.8 Å². The molecule has 0 saturated heterocycles. The zero-order valence-electron chi connectivity index (χ0n) is 16.6. The summed E-state index contributed by atoms with van der Waals surface area (Å²) >= 11 is 5.52. The molecule has 4 aliphatic carbocycles. The average Bonchev–Trinajstić information content (AvgIpc) is 2.89. The van der Waals surface area contributed by atoms with Crippen molar-refractivity contribution >= 4 is 12.6 Å². The second-order valence-electron chi connectivity index (χ2n) is 10.6. The maximum atomic E-state index is 5.52. The molecule has 0 N–H and O–H groups in total. The highest BCUT2D eigenvalue weighted by Gasteiger charge is 2.62. The molecule has 0 radical (unpaired) electrons. The van der Waals surface area contributed by atoms with E-state index in [4.69, 9.17) is 12.6 Å². The lowest BCUT2D eigenvalue weighted by Gasteiger charge is -2.62. The van der Waals surface area contributed by atoms with Crippen LogP contribution < -0.4 is 0 Å². The van der Waals surface area contributed by atoms with Gasteiger partial charge in [0.15, 0.2) is 0 Å². The van der Waals surface area contributed by atoms with Crippen molar-refractivity contribution in [2.75, 3.05) is 0 Å². The summed E-state index contributed by atoms with van der Waals surface area (Å²) in [5, 5.41) is 0. The van der Waals surface area contributed by atoms with E-state index in [1.54, 1.807) is 0 Å². The van der Waals surface area contributed by atoms with Crippen LogP contribution in [0.15, 0.2) is 0 Å². The normalized spacial score (nSPS) is 55.4. The fraction of sp³-hybridized carbons (Fsp3) is 1.00. The monoisotopic (exact) mass is 348 g/mol. The number of hydrogen-bond acceptors (Lipinski definition) is 1. The van der Waals surface area contributed by atoms with Crippen molar-refractivity contribution < 1.29 is 0 Å². The summed E-state index contributed by atoms with van der Waals surface area (Å²) < 4.78 is 0.355. The van der Waals surface area contributed by atoms with E-state index < -0.39 is 0 Å². The standard InChI is InChI=1S/C23H40S/c1-5-15(2)19-11-12-20-18-10-9-17-8-6-7-13-22(17,4)21(18)16(3)14-23(19,20)24/h15-21,24H,5-14H2,1-4H3. The molecule has 0 heterocycles. The number of hydrogen-bond donors (Lipinski definition) is 1. The molecule has 0 aromatic heterocycles. The Morgan fingerprint density at radius 1 is 1.08 bits per heavy atom. The summed E-state index contributed by atoms with van der Waals surface area (Å²) in [6.45, 7) is 10.2. The Bertz CT molecular complexity index is 473. The third-order valence-corrected chi connectivity index (χ3v) is 10.6. The summed E-state index contributed by atoms with van der Waals surface area (Å²) in [5.74, 6) is 6.56. The van der Waals surface area contributed by atoms with Crippen LogP contribution in [-0.4, -0.2) is 4.75 Å². The summed E-state index contributed by atoms with van der Waals surface area (Å²) in [6.07, 6.45) is 14.8. The van der Waals surface area contributed by atoms with Crippen LogP contribution >= 0.6 is 12.6 Å². The van der Waals surface area contributed by atoms with Crippen molar-refractivity contribution in [2.45, 2.75) is 96.7 Å². The topological polar surface area (TPSA) is 0 Å². The largest absolute Gasteiger partial charge is 0.172 e. The van der Waals surface area contributed by atoms with Crippen LogP contribution in [0.4, 0.5) is 0 Å². The molecule has 0 aromatic carbocycles. The fourth-order valence-corrected chi connectivity index (χ4v) is 9.65. The van der Waals surface area contributed by atoms with E-state index in [2.05, 4.69) is 27.7 Å². The molecule has 138 valence electrons. The van der Waals surface area contributed by atoms with Gasteiger partial charge in [-0.15, -0.1) is 0 Å². The third kappa shape index (κ3) is 2.39. The van der Waals surface area contributed by atoms with E-state index in [1.165, 1.54) is 64.2 Å². The highest BCUT2D eigenvalue weighted by Crippen LogP contribution is 2.68. The molecule has 4 aliphatic rings. The van der Waals surface area contributed by atoms with E-state index in [1.807, 2.05) is 0 Å². The van der Waals surface area contributed by atoms with Crippen molar-refractivity contribution in [1.29, 1.82) is 0 Å². The lowest BCUT2D eigenvalue weighted by molar-refractivity contribution is -0.108. The molecule has 0 aliphatic heterocycles. The minimum atomic E-state index is 0.355. The second kappa shape index (κ2) is 6.21. The minimum absolute atomic E-state index is 0.355. The highest BCUT2D eigenvalue weighted by atomic mass is 32.1. The first-order chi connectivity index (χ1) is 11.4. The van der Waals surface area contributed by atoms with Crippen LogP contribution in [0, 0.1) is 46.8 Å².